The third kappa shape index (κ3) is 6.03. The Kier molecular flexibility index (Phi) is 8.20. The van der Waals surface area contributed by atoms with E-state index in [0.29, 0.717) is 36.5 Å². The summed E-state index contributed by atoms with van der Waals surface area (Å²) in [5.41, 5.74) is 2.77. The fourth-order valence-electron chi connectivity index (χ4n) is 4.11. The Labute approximate surface area is 196 Å². The number of aryl methyl sites for hydroxylation is 1. The van der Waals surface area contributed by atoms with E-state index in [1.54, 1.807) is 31.4 Å². The first kappa shape index (κ1) is 24.6. The Hall–Kier alpha value is -2.09. The van der Waals surface area contributed by atoms with E-state index in [1.165, 1.54) is 4.31 Å². The van der Waals surface area contributed by atoms with Gasteiger partial charge in [-0.05, 0) is 61.1 Å². The lowest BCUT2D eigenvalue weighted by atomic mass is 9.95. The molecule has 0 bridgehead atoms. The van der Waals surface area contributed by atoms with Crippen LogP contribution >= 0.6 is 11.6 Å². The quantitative estimate of drug-likeness (QED) is 0.607. The molecule has 0 radical (unpaired) electrons. The minimum atomic E-state index is -3.43. The van der Waals surface area contributed by atoms with Crippen LogP contribution in [-0.2, 0) is 20.6 Å². The second kappa shape index (κ2) is 10.7. The highest BCUT2D eigenvalue weighted by molar-refractivity contribution is 7.88. The largest absolute Gasteiger partial charge is 0.496 e. The van der Waals surface area contributed by atoms with Gasteiger partial charge in [-0.25, -0.2) is 12.7 Å². The molecule has 0 aromatic heterocycles. The molecule has 32 heavy (non-hydrogen) atoms. The van der Waals surface area contributed by atoms with Crippen LogP contribution in [0, 0.1) is 12.8 Å². The molecule has 0 aliphatic carbocycles. The normalized spacial score (nSPS) is 16.5. The van der Waals surface area contributed by atoms with Gasteiger partial charge in [0, 0.05) is 24.0 Å². The highest BCUT2D eigenvalue weighted by Gasteiger charge is 2.32. The number of halogens is 1. The predicted molar refractivity (Wildman–Crippen MR) is 127 cm³/mol. The van der Waals surface area contributed by atoms with Crippen molar-refractivity contribution in [3.63, 3.8) is 0 Å². The lowest BCUT2D eigenvalue weighted by Gasteiger charge is -2.31. The number of nitrogens with one attached hydrogen (secondary N) is 1. The fraction of sp³-hybridized carbons (Fsp3) is 0.458. The van der Waals surface area contributed by atoms with Crippen LogP contribution in [0.15, 0.2) is 42.5 Å². The third-order valence-electron chi connectivity index (χ3n) is 6.03. The molecule has 8 heteroatoms. The molecule has 0 saturated carbocycles. The number of rotatable bonds is 8. The number of sulfonamides is 1. The van der Waals surface area contributed by atoms with Gasteiger partial charge in [0.25, 0.3) is 0 Å². The molecule has 2 aromatic rings. The lowest BCUT2D eigenvalue weighted by Crippen LogP contribution is -2.44. The highest BCUT2D eigenvalue weighted by atomic mass is 35.5. The van der Waals surface area contributed by atoms with Crippen molar-refractivity contribution in [3.8, 4) is 5.75 Å². The summed E-state index contributed by atoms with van der Waals surface area (Å²) in [6, 6.07) is 12.7. The zero-order chi connectivity index (χ0) is 23.3. The predicted octanol–water partition coefficient (Wildman–Crippen LogP) is 4.47. The summed E-state index contributed by atoms with van der Waals surface area (Å²) in [5.74, 6) is 0.558. The van der Waals surface area contributed by atoms with Gasteiger partial charge in [-0.2, -0.15) is 0 Å². The number of benzene rings is 2. The first-order valence-corrected chi connectivity index (χ1v) is 12.9. The van der Waals surface area contributed by atoms with Crippen molar-refractivity contribution in [2.75, 3.05) is 20.2 Å². The molecule has 1 heterocycles. The van der Waals surface area contributed by atoms with E-state index in [0.717, 1.165) is 23.3 Å². The van der Waals surface area contributed by atoms with Gasteiger partial charge < -0.3 is 10.1 Å². The molecule has 1 saturated heterocycles. The molecule has 0 spiro atoms. The van der Waals surface area contributed by atoms with E-state index in [4.69, 9.17) is 16.3 Å². The van der Waals surface area contributed by atoms with Crippen molar-refractivity contribution in [1.82, 2.24) is 9.62 Å². The minimum Gasteiger partial charge on any atom is -0.496 e. The Morgan fingerprint density at radius 3 is 2.41 bits per heavy atom. The number of ether oxygens (including phenoxy) is 1. The van der Waals surface area contributed by atoms with E-state index >= 15 is 0 Å². The van der Waals surface area contributed by atoms with Crippen molar-refractivity contribution in [2.24, 2.45) is 5.92 Å². The molecular formula is C24H31ClN2O4S. The lowest BCUT2D eigenvalue weighted by molar-refractivity contribution is -0.126. The van der Waals surface area contributed by atoms with Crippen molar-refractivity contribution >= 4 is 27.5 Å². The van der Waals surface area contributed by atoms with Crippen LogP contribution in [0.2, 0.25) is 5.02 Å². The molecule has 1 aliphatic rings. The van der Waals surface area contributed by atoms with Crippen molar-refractivity contribution in [2.45, 2.75) is 44.9 Å². The van der Waals surface area contributed by atoms with Crippen molar-refractivity contribution in [3.05, 3.63) is 64.2 Å². The first-order valence-electron chi connectivity index (χ1n) is 10.9. The Morgan fingerprint density at radius 1 is 1.19 bits per heavy atom. The molecule has 6 nitrogen and oxygen atoms in total. The number of hydrogen-bond acceptors (Lipinski definition) is 4. The highest BCUT2D eigenvalue weighted by Crippen LogP contribution is 2.27. The molecular weight excluding hydrogens is 448 g/mol. The summed E-state index contributed by atoms with van der Waals surface area (Å²) in [6.45, 7) is 4.73. The Bertz CT molecular complexity index is 1030. The number of piperidine rings is 1. The van der Waals surface area contributed by atoms with E-state index in [-0.39, 0.29) is 23.6 Å². The van der Waals surface area contributed by atoms with Crippen LogP contribution < -0.4 is 10.1 Å². The summed E-state index contributed by atoms with van der Waals surface area (Å²) in [4.78, 5) is 12.9. The molecule has 2 aromatic carbocycles. The maximum absolute atomic E-state index is 12.9. The van der Waals surface area contributed by atoms with Crippen LogP contribution in [0.4, 0.5) is 0 Å². The molecule has 0 unspecified atom stereocenters. The molecule has 1 N–H and O–H groups in total. The second-order valence-electron chi connectivity index (χ2n) is 8.25. The maximum atomic E-state index is 12.9. The fourth-order valence-corrected chi connectivity index (χ4v) is 5.80. The molecule has 174 valence electrons. The summed E-state index contributed by atoms with van der Waals surface area (Å²) in [7, 11) is -1.79. The van der Waals surface area contributed by atoms with Crippen LogP contribution in [0.3, 0.4) is 0 Å². The van der Waals surface area contributed by atoms with Gasteiger partial charge in [0.05, 0.1) is 18.9 Å². The summed E-state index contributed by atoms with van der Waals surface area (Å²) < 4.78 is 32.4. The Balaban J connectivity index is 1.57. The number of amides is 1. The van der Waals surface area contributed by atoms with Gasteiger partial charge in [-0.15, -0.1) is 0 Å². The summed E-state index contributed by atoms with van der Waals surface area (Å²) >= 11 is 5.88. The maximum Gasteiger partial charge on any atom is 0.223 e. The average Bonchev–Trinajstić information content (AvgIpc) is 2.78. The third-order valence-corrected chi connectivity index (χ3v) is 8.13. The molecule has 1 fully saturated rings. The number of carbonyl (C=O) groups is 1. The SMILES string of the molecule is CC[C@H](NC(=O)C1CCN(S(=O)(=O)Cc2ccc(Cl)cc2)CC1)c1ccc(OC)c(C)c1. The van der Waals surface area contributed by atoms with Crippen LogP contribution in [0.5, 0.6) is 5.75 Å². The van der Waals surface area contributed by atoms with Crippen molar-refractivity contribution in [1.29, 1.82) is 0 Å². The first-order chi connectivity index (χ1) is 15.2. The topological polar surface area (TPSA) is 75.7 Å². The zero-order valence-corrected chi connectivity index (χ0v) is 20.4. The van der Waals surface area contributed by atoms with Gasteiger partial charge in [0.1, 0.15) is 5.75 Å². The van der Waals surface area contributed by atoms with Crippen LogP contribution in [0.25, 0.3) is 0 Å². The van der Waals surface area contributed by atoms with Gasteiger partial charge in [0.15, 0.2) is 0 Å². The number of hydrogen-bond donors (Lipinski definition) is 1. The standard InChI is InChI=1S/C24H31ClN2O4S/c1-4-22(20-7-10-23(31-3)17(2)15-20)26-24(28)19-11-13-27(14-12-19)32(29,30)16-18-5-8-21(25)9-6-18/h5-10,15,19,22H,4,11-14,16H2,1-3H3,(H,26,28)/t22-/m0/s1. The molecule has 1 atom stereocenters. The minimum absolute atomic E-state index is 0.0138. The van der Waals surface area contributed by atoms with Gasteiger partial charge in [-0.3, -0.25) is 4.79 Å². The number of nitrogens with zero attached hydrogens (tertiary/aromatic N) is 1. The van der Waals surface area contributed by atoms with Gasteiger partial charge in [0.2, 0.25) is 15.9 Å². The molecule has 1 aliphatic heterocycles. The summed E-state index contributed by atoms with van der Waals surface area (Å²) in [5, 5.41) is 3.73. The number of carbonyl (C=O) groups excluding carboxylic acids is 1. The summed E-state index contributed by atoms with van der Waals surface area (Å²) in [6.07, 6.45) is 1.80. The average molecular weight is 479 g/mol. The number of methoxy groups -OCH3 is 1. The van der Waals surface area contributed by atoms with Gasteiger partial charge in [-0.1, -0.05) is 42.8 Å². The van der Waals surface area contributed by atoms with E-state index in [2.05, 4.69) is 5.32 Å². The van der Waals surface area contributed by atoms with Crippen molar-refractivity contribution < 1.29 is 17.9 Å². The van der Waals surface area contributed by atoms with Gasteiger partial charge >= 0.3 is 0 Å². The van der Waals surface area contributed by atoms with Crippen LogP contribution in [-0.4, -0.2) is 38.8 Å². The molecule has 1 amide bonds. The van der Waals surface area contributed by atoms with E-state index < -0.39 is 10.0 Å². The smallest absolute Gasteiger partial charge is 0.223 e. The Morgan fingerprint density at radius 2 is 1.84 bits per heavy atom. The van der Waals surface area contributed by atoms with E-state index in [9.17, 15) is 13.2 Å². The second-order valence-corrected chi connectivity index (χ2v) is 10.7. The molecule has 3 rings (SSSR count). The van der Waals surface area contributed by atoms with Crippen LogP contribution in [0.1, 0.15) is 48.9 Å². The monoisotopic (exact) mass is 478 g/mol. The van der Waals surface area contributed by atoms with E-state index in [1.807, 2.05) is 32.0 Å². The zero-order valence-electron chi connectivity index (χ0n) is 18.8.